The van der Waals surface area contributed by atoms with Gasteiger partial charge < -0.3 is 10.6 Å². The van der Waals surface area contributed by atoms with Gasteiger partial charge in [-0.25, -0.2) is 0 Å². The molecule has 0 unspecified atom stereocenters. The summed E-state index contributed by atoms with van der Waals surface area (Å²) >= 11 is 0. The second-order valence-corrected chi connectivity index (χ2v) is 3.73. The van der Waals surface area contributed by atoms with E-state index in [4.69, 9.17) is 0 Å². The van der Waals surface area contributed by atoms with Crippen LogP contribution in [0.1, 0.15) is 26.2 Å². The zero-order chi connectivity index (χ0) is 9.68. The third-order valence-corrected chi connectivity index (χ3v) is 1.96. The molecule has 0 aromatic rings. The largest absolute Gasteiger partial charge is 0.352 e. The molecule has 1 rings (SSSR count). The summed E-state index contributed by atoms with van der Waals surface area (Å²) in [6.07, 6.45) is 3.24. The molecule has 0 atom stereocenters. The van der Waals surface area contributed by atoms with Crippen molar-refractivity contribution in [3.63, 3.8) is 0 Å². The molecule has 3 nitrogen and oxygen atoms in total. The van der Waals surface area contributed by atoms with Crippen LogP contribution in [0.5, 0.6) is 0 Å². The Morgan fingerprint density at radius 2 is 2.23 bits per heavy atom. The molecule has 1 fully saturated rings. The van der Waals surface area contributed by atoms with E-state index < -0.39 is 0 Å². The maximum absolute atomic E-state index is 11.1. The first-order valence-corrected chi connectivity index (χ1v) is 4.83. The Hall–Kier alpha value is -0.830. The summed E-state index contributed by atoms with van der Waals surface area (Å²) in [6.45, 7) is 7.06. The first kappa shape index (κ1) is 10.3. The van der Waals surface area contributed by atoms with Gasteiger partial charge in [-0.3, -0.25) is 4.79 Å². The Bertz CT molecular complexity index is 197. The normalized spacial score (nSPS) is 15.5. The lowest BCUT2D eigenvalue weighted by Crippen LogP contribution is -2.35. The van der Waals surface area contributed by atoms with Gasteiger partial charge in [-0.2, -0.15) is 0 Å². The summed E-state index contributed by atoms with van der Waals surface area (Å²) in [4.78, 5) is 11.1. The van der Waals surface area contributed by atoms with Gasteiger partial charge in [0.2, 0.25) is 5.91 Å². The van der Waals surface area contributed by atoms with E-state index in [2.05, 4.69) is 17.2 Å². The van der Waals surface area contributed by atoms with Gasteiger partial charge in [0, 0.05) is 6.04 Å². The lowest BCUT2D eigenvalue weighted by Gasteiger charge is -2.04. The number of carbonyl (C=O) groups excluding carboxylic acids is 1. The van der Waals surface area contributed by atoms with Crippen LogP contribution in [0, 0.1) is 0 Å². The Morgan fingerprint density at radius 1 is 1.54 bits per heavy atom. The van der Waals surface area contributed by atoms with Crippen LogP contribution in [0.15, 0.2) is 12.2 Å². The van der Waals surface area contributed by atoms with Crippen molar-refractivity contribution in [2.75, 3.05) is 13.1 Å². The average molecular weight is 182 g/mol. The van der Waals surface area contributed by atoms with Crippen molar-refractivity contribution in [2.24, 2.45) is 0 Å². The molecule has 1 saturated carbocycles. The van der Waals surface area contributed by atoms with E-state index in [1.807, 2.05) is 6.92 Å². The first-order valence-electron chi connectivity index (χ1n) is 4.83. The van der Waals surface area contributed by atoms with Crippen molar-refractivity contribution >= 4 is 5.91 Å². The number of nitrogens with one attached hydrogen (secondary N) is 2. The minimum Gasteiger partial charge on any atom is -0.352 e. The molecule has 0 aromatic carbocycles. The third-order valence-electron chi connectivity index (χ3n) is 1.96. The molecule has 0 radical (unpaired) electrons. The molecule has 74 valence electrons. The highest BCUT2D eigenvalue weighted by Crippen LogP contribution is 2.18. The minimum atomic E-state index is 0.115. The summed E-state index contributed by atoms with van der Waals surface area (Å²) in [5, 5.41) is 5.99. The van der Waals surface area contributed by atoms with Gasteiger partial charge in [0.1, 0.15) is 0 Å². The topological polar surface area (TPSA) is 41.1 Å². The highest BCUT2D eigenvalue weighted by Gasteiger charge is 2.22. The predicted molar refractivity (Wildman–Crippen MR) is 53.5 cm³/mol. The van der Waals surface area contributed by atoms with E-state index >= 15 is 0 Å². The van der Waals surface area contributed by atoms with Crippen LogP contribution in [0.25, 0.3) is 0 Å². The van der Waals surface area contributed by atoms with Crippen LogP contribution in [-0.2, 0) is 4.79 Å². The SMILES string of the molecule is C=C(C)CCNCC(=O)NC1CC1. The number of amides is 1. The number of rotatable bonds is 6. The van der Waals surface area contributed by atoms with Crippen molar-refractivity contribution in [1.82, 2.24) is 10.6 Å². The Labute approximate surface area is 79.6 Å². The highest BCUT2D eigenvalue weighted by molar-refractivity contribution is 5.78. The third kappa shape index (κ3) is 5.42. The monoisotopic (exact) mass is 182 g/mol. The number of hydrogen-bond donors (Lipinski definition) is 2. The first-order chi connectivity index (χ1) is 6.18. The van der Waals surface area contributed by atoms with Crippen molar-refractivity contribution in [3.8, 4) is 0 Å². The van der Waals surface area contributed by atoms with E-state index in [-0.39, 0.29) is 5.91 Å². The number of carbonyl (C=O) groups is 1. The van der Waals surface area contributed by atoms with Gasteiger partial charge in [-0.15, -0.1) is 6.58 Å². The smallest absolute Gasteiger partial charge is 0.234 e. The maximum atomic E-state index is 11.1. The molecule has 0 bridgehead atoms. The molecule has 0 saturated heterocycles. The van der Waals surface area contributed by atoms with E-state index in [1.165, 1.54) is 0 Å². The van der Waals surface area contributed by atoms with E-state index in [1.54, 1.807) is 0 Å². The lowest BCUT2D eigenvalue weighted by atomic mass is 10.2. The van der Waals surface area contributed by atoms with Gasteiger partial charge >= 0.3 is 0 Å². The van der Waals surface area contributed by atoms with Crippen molar-refractivity contribution in [1.29, 1.82) is 0 Å². The van der Waals surface area contributed by atoms with Crippen LogP contribution < -0.4 is 10.6 Å². The molecule has 3 heteroatoms. The van der Waals surface area contributed by atoms with Gasteiger partial charge in [0.15, 0.2) is 0 Å². The molecular weight excluding hydrogens is 164 g/mol. The fourth-order valence-corrected chi connectivity index (χ4v) is 1.01. The molecule has 1 aliphatic rings. The predicted octanol–water partition coefficient (Wildman–Crippen LogP) is 0.821. The van der Waals surface area contributed by atoms with E-state index in [0.29, 0.717) is 12.6 Å². The van der Waals surface area contributed by atoms with Gasteiger partial charge in [-0.05, 0) is 32.7 Å². The van der Waals surface area contributed by atoms with Crippen molar-refractivity contribution in [3.05, 3.63) is 12.2 Å². The van der Waals surface area contributed by atoms with Crippen LogP contribution in [0.4, 0.5) is 0 Å². The molecule has 0 heterocycles. The second-order valence-electron chi connectivity index (χ2n) is 3.73. The Balaban J connectivity index is 1.91. The van der Waals surface area contributed by atoms with Crippen LogP contribution in [0.2, 0.25) is 0 Å². The molecule has 0 aromatic heterocycles. The second kappa shape index (κ2) is 5.02. The fraction of sp³-hybridized carbons (Fsp3) is 0.700. The van der Waals surface area contributed by atoms with Gasteiger partial charge in [0.25, 0.3) is 0 Å². The zero-order valence-corrected chi connectivity index (χ0v) is 8.23. The quantitative estimate of drug-likeness (QED) is 0.471. The average Bonchev–Trinajstić information content (AvgIpc) is 2.81. The standard InChI is InChI=1S/C10H18N2O/c1-8(2)5-6-11-7-10(13)12-9-3-4-9/h9,11H,1,3-7H2,2H3,(H,12,13). The molecule has 1 amide bonds. The Morgan fingerprint density at radius 3 is 2.77 bits per heavy atom. The molecule has 1 aliphatic carbocycles. The zero-order valence-electron chi connectivity index (χ0n) is 8.23. The van der Waals surface area contributed by atoms with E-state index in [9.17, 15) is 4.79 Å². The van der Waals surface area contributed by atoms with Gasteiger partial charge in [0.05, 0.1) is 6.54 Å². The summed E-state index contributed by atoms with van der Waals surface area (Å²) < 4.78 is 0. The molecule has 0 spiro atoms. The molecular formula is C10H18N2O. The van der Waals surface area contributed by atoms with Crippen molar-refractivity contribution in [2.45, 2.75) is 32.2 Å². The van der Waals surface area contributed by atoms with E-state index in [0.717, 1.165) is 31.4 Å². The molecule has 0 aliphatic heterocycles. The van der Waals surface area contributed by atoms with Crippen LogP contribution >= 0.6 is 0 Å². The summed E-state index contributed by atoms with van der Waals surface area (Å²) in [6, 6.07) is 0.468. The van der Waals surface area contributed by atoms with Gasteiger partial charge in [-0.1, -0.05) is 5.57 Å². The lowest BCUT2D eigenvalue weighted by molar-refractivity contribution is -0.120. The van der Waals surface area contributed by atoms with Crippen LogP contribution in [-0.4, -0.2) is 25.0 Å². The molecule has 13 heavy (non-hydrogen) atoms. The summed E-state index contributed by atoms with van der Waals surface area (Å²) in [5.74, 6) is 0.115. The summed E-state index contributed by atoms with van der Waals surface area (Å²) in [7, 11) is 0. The van der Waals surface area contributed by atoms with Crippen LogP contribution in [0.3, 0.4) is 0 Å². The summed E-state index contributed by atoms with van der Waals surface area (Å²) in [5.41, 5.74) is 1.15. The Kier molecular flexibility index (Phi) is 3.96. The van der Waals surface area contributed by atoms with Crippen molar-refractivity contribution < 1.29 is 4.79 Å². The number of hydrogen-bond acceptors (Lipinski definition) is 2. The highest BCUT2D eigenvalue weighted by atomic mass is 16.2. The molecule has 2 N–H and O–H groups in total. The minimum absolute atomic E-state index is 0.115. The fourth-order valence-electron chi connectivity index (χ4n) is 1.01. The maximum Gasteiger partial charge on any atom is 0.234 e.